The molecule has 38 heavy (non-hydrogen) atoms. The number of carbonyl (C=O) groups excluding carboxylic acids is 2. The highest BCUT2D eigenvalue weighted by atomic mass is 16.2. The number of rotatable bonds is 6. The molecule has 0 unspecified atom stereocenters. The highest BCUT2D eigenvalue weighted by Gasteiger charge is 2.23. The van der Waals surface area contributed by atoms with Crippen LogP contribution in [-0.2, 0) is 11.3 Å². The molecular weight excluding hydrogens is 484 g/mol. The highest BCUT2D eigenvalue weighted by molar-refractivity contribution is 5.98. The fourth-order valence-corrected chi connectivity index (χ4v) is 5.21. The van der Waals surface area contributed by atoms with E-state index in [1.165, 1.54) is 8.97 Å². The van der Waals surface area contributed by atoms with E-state index in [2.05, 4.69) is 15.7 Å². The third-order valence-electron chi connectivity index (χ3n) is 7.14. The van der Waals surface area contributed by atoms with Gasteiger partial charge in [-0.25, -0.2) is 13.9 Å². The standard InChI is InChI=1S/C28H32N6O4/c1-16(2)33-26(37)21-11-10-19(25(36)29-20-7-5-6-8-20)14-23(21)34-27(33)31-32(28(34)38)15-24(35)30-22-12-9-17(3)13-18(22)4/h9-14,16,20H,5-8,15H2,1-4H3,(H,29,36)(H,30,35). The number of fused-ring (bicyclic) bond motifs is 3. The molecule has 0 spiro atoms. The largest absolute Gasteiger partial charge is 0.352 e. The lowest BCUT2D eigenvalue weighted by Crippen LogP contribution is -2.33. The van der Waals surface area contributed by atoms with Gasteiger partial charge in [0.15, 0.2) is 0 Å². The van der Waals surface area contributed by atoms with Gasteiger partial charge in [-0.3, -0.25) is 19.0 Å². The van der Waals surface area contributed by atoms with Crippen LogP contribution in [0.15, 0.2) is 46.0 Å². The fourth-order valence-electron chi connectivity index (χ4n) is 5.21. The summed E-state index contributed by atoms with van der Waals surface area (Å²) in [4.78, 5) is 52.8. The van der Waals surface area contributed by atoms with Crippen molar-refractivity contribution in [1.29, 1.82) is 0 Å². The molecule has 10 nitrogen and oxygen atoms in total. The Balaban J connectivity index is 1.57. The van der Waals surface area contributed by atoms with E-state index < -0.39 is 11.6 Å². The predicted octanol–water partition coefficient (Wildman–Crippen LogP) is 3.32. The average molecular weight is 517 g/mol. The SMILES string of the molecule is Cc1ccc(NC(=O)Cn2nc3n(C(C)C)c(=O)c4ccc(C(=O)NC5CCCC5)cc4n3c2=O)c(C)c1. The Hall–Kier alpha value is -4.21. The molecule has 0 aliphatic heterocycles. The monoisotopic (exact) mass is 516 g/mol. The number of nitrogens with one attached hydrogen (secondary N) is 2. The molecule has 1 saturated carbocycles. The second-order valence-corrected chi connectivity index (χ2v) is 10.4. The summed E-state index contributed by atoms with van der Waals surface area (Å²) in [6.45, 7) is 7.19. The highest BCUT2D eigenvalue weighted by Crippen LogP contribution is 2.20. The maximum absolute atomic E-state index is 13.6. The van der Waals surface area contributed by atoms with Crippen molar-refractivity contribution in [1.82, 2.24) is 24.1 Å². The van der Waals surface area contributed by atoms with Crippen LogP contribution >= 0.6 is 0 Å². The summed E-state index contributed by atoms with van der Waals surface area (Å²) in [5.74, 6) is -0.537. The predicted molar refractivity (Wildman–Crippen MR) is 146 cm³/mol. The molecule has 5 rings (SSSR count). The van der Waals surface area contributed by atoms with E-state index in [-0.39, 0.29) is 41.4 Å². The molecule has 0 saturated heterocycles. The summed E-state index contributed by atoms with van der Waals surface area (Å²) in [5.41, 5.74) is 2.40. The van der Waals surface area contributed by atoms with Gasteiger partial charge in [-0.2, -0.15) is 0 Å². The quantitative estimate of drug-likeness (QED) is 0.408. The molecule has 2 aromatic heterocycles. The molecule has 10 heteroatoms. The Morgan fingerprint density at radius 1 is 1.05 bits per heavy atom. The van der Waals surface area contributed by atoms with Gasteiger partial charge in [-0.15, -0.1) is 5.10 Å². The molecule has 2 N–H and O–H groups in total. The maximum atomic E-state index is 13.6. The summed E-state index contributed by atoms with van der Waals surface area (Å²) in [6, 6.07) is 10.3. The summed E-state index contributed by atoms with van der Waals surface area (Å²) >= 11 is 0. The van der Waals surface area contributed by atoms with Crippen LogP contribution in [0.25, 0.3) is 16.7 Å². The Morgan fingerprint density at radius 3 is 2.47 bits per heavy atom. The zero-order valence-electron chi connectivity index (χ0n) is 22.1. The van der Waals surface area contributed by atoms with Crippen LogP contribution in [0.2, 0.25) is 0 Å². The molecular formula is C28H32N6O4. The Kier molecular flexibility index (Phi) is 6.64. The number of carbonyl (C=O) groups is 2. The van der Waals surface area contributed by atoms with E-state index in [4.69, 9.17) is 0 Å². The third kappa shape index (κ3) is 4.62. The van der Waals surface area contributed by atoms with Crippen LogP contribution < -0.4 is 21.9 Å². The van der Waals surface area contributed by atoms with Crippen LogP contribution in [0.3, 0.4) is 0 Å². The maximum Gasteiger partial charge on any atom is 0.352 e. The summed E-state index contributed by atoms with van der Waals surface area (Å²) < 4.78 is 3.80. The van der Waals surface area contributed by atoms with Crippen LogP contribution in [0, 0.1) is 13.8 Å². The van der Waals surface area contributed by atoms with Gasteiger partial charge in [0.1, 0.15) is 6.54 Å². The molecule has 1 aliphatic carbocycles. The van der Waals surface area contributed by atoms with Gasteiger partial charge in [-0.05, 0) is 70.4 Å². The topological polar surface area (TPSA) is 120 Å². The van der Waals surface area contributed by atoms with Crippen molar-refractivity contribution in [3.05, 3.63) is 73.9 Å². The number of hydrogen-bond donors (Lipinski definition) is 2. The number of nitrogens with zero attached hydrogens (tertiary/aromatic N) is 4. The lowest BCUT2D eigenvalue weighted by atomic mass is 10.1. The van der Waals surface area contributed by atoms with Crippen LogP contribution in [0.1, 0.15) is 67.1 Å². The molecule has 2 aromatic carbocycles. The normalized spacial score (nSPS) is 14.0. The average Bonchev–Trinajstić information content (AvgIpc) is 3.48. The van der Waals surface area contributed by atoms with Gasteiger partial charge in [0, 0.05) is 23.3 Å². The van der Waals surface area contributed by atoms with Gasteiger partial charge in [-0.1, -0.05) is 30.5 Å². The first-order chi connectivity index (χ1) is 18.1. The number of anilines is 1. The number of hydrogen-bond acceptors (Lipinski definition) is 5. The molecule has 1 aliphatic rings. The molecule has 0 bridgehead atoms. The Morgan fingerprint density at radius 2 is 1.79 bits per heavy atom. The zero-order valence-corrected chi connectivity index (χ0v) is 22.1. The summed E-state index contributed by atoms with van der Waals surface area (Å²) in [6.07, 6.45) is 4.06. The summed E-state index contributed by atoms with van der Waals surface area (Å²) in [5, 5.41) is 10.6. The lowest BCUT2D eigenvalue weighted by Gasteiger charge is -2.14. The number of aromatic nitrogens is 4. The van der Waals surface area contributed by atoms with Crippen LogP contribution in [0.4, 0.5) is 5.69 Å². The number of aryl methyl sites for hydroxylation is 2. The van der Waals surface area contributed by atoms with Crippen molar-refractivity contribution in [3.63, 3.8) is 0 Å². The third-order valence-corrected chi connectivity index (χ3v) is 7.14. The number of amides is 2. The van der Waals surface area contributed by atoms with E-state index in [1.54, 1.807) is 18.2 Å². The molecule has 4 aromatic rings. The van der Waals surface area contributed by atoms with E-state index in [0.29, 0.717) is 16.6 Å². The molecule has 2 heterocycles. The zero-order chi connectivity index (χ0) is 27.1. The minimum absolute atomic E-state index is 0.121. The number of benzene rings is 2. The smallest absolute Gasteiger partial charge is 0.349 e. The minimum Gasteiger partial charge on any atom is -0.349 e. The van der Waals surface area contributed by atoms with Gasteiger partial charge in [0.25, 0.3) is 11.5 Å². The minimum atomic E-state index is -0.566. The van der Waals surface area contributed by atoms with E-state index >= 15 is 0 Å². The first-order valence-electron chi connectivity index (χ1n) is 13.0. The van der Waals surface area contributed by atoms with Crippen LogP contribution in [-0.4, -0.2) is 36.6 Å². The Labute approximate surface area is 219 Å². The Bertz CT molecular complexity index is 1690. The van der Waals surface area contributed by atoms with Crippen molar-refractivity contribution in [3.8, 4) is 0 Å². The second-order valence-electron chi connectivity index (χ2n) is 10.4. The van der Waals surface area contributed by atoms with Gasteiger partial charge >= 0.3 is 5.69 Å². The molecule has 198 valence electrons. The van der Waals surface area contributed by atoms with Crippen molar-refractivity contribution in [2.45, 2.75) is 72.0 Å². The van der Waals surface area contributed by atoms with E-state index in [1.807, 2.05) is 45.9 Å². The van der Waals surface area contributed by atoms with Gasteiger partial charge < -0.3 is 10.6 Å². The van der Waals surface area contributed by atoms with Crippen molar-refractivity contribution >= 4 is 34.2 Å². The van der Waals surface area contributed by atoms with Crippen LogP contribution in [0.5, 0.6) is 0 Å². The molecule has 0 radical (unpaired) electrons. The van der Waals surface area contributed by atoms with Crippen molar-refractivity contribution < 1.29 is 9.59 Å². The van der Waals surface area contributed by atoms with Crippen molar-refractivity contribution in [2.24, 2.45) is 0 Å². The second kappa shape index (κ2) is 9.92. The molecule has 1 fully saturated rings. The van der Waals surface area contributed by atoms with E-state index in [9.17, 15) is 19.2 Å². The lowest BCUT2D eigenvalue weighted by molar-refractivity contribution is -0.117. The van der Waals surface area contributed by atoms with Gasteiger partial charge in [0.2, 0.25) is 11.7 Å². The first kappa shape index (κ1) is 25.4. The fraction of sp³-hybridized carbons (Fsp3) is 0.393. The van der Waals surface area contributed by atoms with Gasteiger partial charge in [0.05, 0.1) is 10.9 Å². The molecule has 0 atom stereocenters. The molecule has 2 amide bonds. The first-order valence-corrected chi connectivity index (χ1v) is 13.0. The summed E-state index contributed by atoms with van der Waals surface area (Å²) in [7, 11) is 0. The van der Waals surface area contributed by atoms with E-state index in [0.717, 1.165) is 41.5 Å². The van der Waals surface area contributed by atoms with Crippen molar-refractivity contribution in [2.75, 3.05) is 5.32 Å².